The summed E-state index contributed by atoms with van der Waals surface area (Å²) in [7, 11) is 0. The first-order valence-electron chi connectivity index (χ1n) is 2.26. The standard InChI is InChI=1S/C6H5.ClH.Zn/c1-2-4-6-5-3-1;;/h1-5H;1H;. The third-order valence-electron chi connectivity index (χ3n) is 0.843. The van der Waals surface area contributed by atoms with Gasteiger partial charge in [-0.1, -0.05) is 0 Å². The first-order chi connectivity index (χ1) is 3.39. The molecule has 0 aliphatic rings. The Labute approximate surface area is 65.4 Å². The fourth-order valence-corrected chi connectivity index (χ4v) is 1.05. The Balaban J connectivity index is 0.000000490. The van der Waals surface area contributed by atoms with Crippen LogP contribution in [0.4, 0.5) is 0 Å². The van der Waals surface area contributed by atoms with Gasteiger partial charge in [-0.2, -0.15) is 0 Å². The SMILES string of the molecule is Cl.[Zn][c]1ccccc1. The van der Waals surface area contributed by atoms with E-state index in [1.54, 1.807) is 0 Å². The Morgan fingerprint density at radius 1 is 1.00 bits per heavy atom. The molecule has 0 spiro atoms. The molecule has 0 saturated heterocycles. The second-order valence-electron chi connectivity index (χ2n) is 1.49. The van der Waals surface area contributed by atoms with Crippen molar-refractivity contribution in [2.24, 2.45) is 0 Å². The molecular formula is C6H6ClZn. The molecule has 0 radical (unpaired) electrons. The quantitative estimate of drug-likeness (QED) is 0.526. The molecule has 2 heteroatoms. The molecule has 0 N–H and O–H groups in total. The maximum atomic E-state index is 2.14. The summed E-state index contributed by atoms with van der Waals surface area (Å²) in [4.78, 5) is 0. The van der Waals surface area contributed by atoms with Gasteiger partial charge < -0.3 is 0 Å². The zero-order valence-electron chi connectivity index (χ0n) is 4.50. The van der Waals surface area contributed by atoms with E-state index in [1.807, 2.05) is 6.07 Å². The summed E-state index contributed by atoms with van der Waals surface area (Å²) in [5.74, 6) is 0. The van der Waals surface area contributed by atoms with Crippen LogP contribution in [-0.4, -0.2) is 0 Å². The van der Waals surface area contributed by atoms with Crippen molar-refractivity contribution in [1.29, 1.82) is 0 Å². The van der Waals surface area contributed by atoms with Gasteiger partial charge in [-0.15, -0.1) is 12.4 Å². The average molecular weight is 179 g/mol. The third-order valence-corrected chi connectivity index (χ3v) is 1.83. The first kappa shape index (κ1) is 8.13. The Hall–Kier alpha value is 0.133. The molecule has 0 bridgehead atoms. The molecule has 0 aromatic heterocycles. The molecule has 0 aliphatic heterocycles. The molecule has 1 aromatic carbocycles. The summed E-state index contributed by atoms with van der Waals surface area (Å²) in [5.41, 5.74) is 0. The van der Waals surface area contributed by atoms with E-state index in [1.165, 1.54) is 22.5 Å². The van der Waals surface area contributed by atoms with E-state index >= 15 is 0 Å². The van der Waals surface area contributed by atoms with Gasteiger partial charge in [0.15, 0.2) is 0 Å². The van der Waals surface area contributed by atoms with Gasteiger partial charge >= 0.3 is 52.8 Å². The van der Waals surface area contributed by atoms with E-state index in [0.717, 1.165) is 0 Å². The van der Waals surface area contributed by atoms with Crippen LogP contribution in [-0.2, 0) is 18.3 Å². The molecule has 0 heterocycles. The zero-order chi connectivity index (χ0) is 5.11. The van der Waals surface area contributed by atoms with E-state index in [-0.39, 0.29) is 12.4 Å². The Morgan fingerprint density at radius 3 is 1.75 bits per heavy atom. The van der Waals surface area contributed by atoms with Crippen molar-refractivity contribution in [3.8, 4) is 0 Å². The topological polar surface area (TPSA) is 0 Å². The predicted molar refractivity (Wildman–Crippen MR) is 33.3 cm³/mol. The number of rotatable bonds is 0. The van der Waals surface area contributed by atoms with Crippen LogP contribution in [0, 0.1) is 0 Å². The van der Waals surface area contributed by atoms with E-state index < -0.39 is 0 Å². The Bertz CT molecular complexity index is 138. The molecule has 39 valence electrons. The van der Waals surface area contributed by atoms with Crippen molar-refractivity contribution in [3.63, 3.8) is 0 Å². The molecule has 0 aliphatic carbocycles. The molecule has 0 nitrogen and oxygen atoms in total. The van der Waals surface area contributed by atoms with E-state index in [9.17, 15) is 0 Å². The van der Waals surface area contributed by atoms with Gasteiger partial charge in [0, 0.05) is 0 Å². The van der Waals surface area contributed by atoms with Crippen LogP contribution in [0.15, 0.2) is 30.3 Å². The fourth-order valence-electron chi connectivity index (χ4n) is 0.478. The van der Waals surface area contributed by atoms with Crippen molar-refractivity contribution in [1.82, 2.24) is 0 Å². The number of hydrogen-bond donors (Lipinski definition) is 0. The van der Waals surface area contributed by atoms with E-state index in [4.69, 9.17) is 0 Å². The van der Waals surface area contributed by atoms with Crippen molar-refractivity contribution in [3.05, 3.63) is 30.3 Å². The summed E-state index contributed by atoms with van der Waals surface area (Å²) in [5, 5.41) is 0. The molecule has 0 fully saturated rings. The maximum absolute atomic E-state index is 2.14. The van der Waals surface area contributed by atoms with Crippen LogP contribution in [0.1, 0.15) is 0 Å². The van der Waals surface area contributed by atoms with Crippen LogP contribution in [0.3, 0.4) is 0 Å². The monoisotopic (exact) mass is 177 g/mol. The number of hydrogen-bond acceptors (Lipinski definition) is 0. The summed E-state index contributed by atoms with van der Waals surface area (Å²) in [6, 6.07) is 10.5. The van der Waals surface area contributed by atoms with Crippen LogP contribution in [0.25, 0.3) is 0 Å². The Morgan fingerprint density at radius 2 is 1.50 bits per heavy atom. The summed E-state index contributed by atoms with van der Waals surface area (Å²) < 4.78 is 1.45. The molecule has 0 atom stereocenters. The van der Waals surface area contributed by atoms with Crippen molar-refractivity contribution in [2.75, 3.05) is 0 Å². The molecule has 1 aromatic rings. The zero-order valence-corrected chi connectivity index (χ0v) is 8.29. The van der Waals surface area contributed by atoms with Gasteiger partial charge in [0.05, 0.1) is 0 Å². The Kier molecular flexibility index (Phi) is 4.12. The number of halogens is 1. The van der Waals surface area contributed by atoms with Crippen LogP contribution < -0.4 is 4.16 Å². The average Bonchev–Trinajstić information content (AvgIpc) is 1.69. The van der Waals surface area contributed by atoms with Crippen molar-refractivity contribution in [2.45, 2.75) is 0 Å². The molecular weight excluding hydrogens is 173 g/mol. The third kappa shape index (κ3) is 2.44. The van der Waals surface area contributed by atoms with Crippen molar-refractivity contribution < 1.29 is 18.3 Å². The first-order valence-corrected chi connectivity index (χ1v) is 3.75. The van der Waals surface area contributed by atoms with Crippen LogP contribution in [0.5, 0.6) is 0 Å². The van der Waals surface area contributed by atoms with E-state index in [0.29, 0.717) is 0 Å². The van der Waals surface area contributed by atoms with Gasteiger partial charge in [0.1, 0.15) is 0 Å². The molecule has 0 saturated carbocycles. The minimum absolute atomic E-state index is 0. The minimum atomic E-state index is 0. The fraction of sp³-hybridized carbons (Fsp3) is 0. The van der Waals surface area contributed by atoms with Gasteiger partial charge in [-0.3, -0.25) is 0 Å². The van der Waals surface area contributed by atoms with E-state index in [2.05, 4.69) is 24.3 Å². The van der Waals surface area contributed by atoms with Crippen LogP contribution >= 0.6 is 12.4 Å². The van der Waals surface area contributed by atoms with Gasteiger partial charge in [-0.05, 0) is 0 Å². The second-order valence-corrected chi connectivity index (χ2v) is 3.20. The van der Waals surface area contributed by atoms with Gasteiger partial charge in [0.2, 0.25) is 0 Å². The molecule has 0 amide bonds. The summed E-state index contributed by atoms with van der Waals surface area (Å²) in [6.07, 6.45) is 0. The second kappa shape index (κ2) is 4.06. The predicted octanol–water partition coefficient (Wildman–Crippen LogP) is 1.28. The molecule has 0 unspecified atom stereocenters. The number of benzene rings is 1. The summed E-state index contributed by atoms with van der Waals surface area (Å²) in [6.45, 7) is 0. The molecule has 1 rings (SSSR count). The summed E-state index contributed by atoms with van der Waals surface area (Å²) >= 11 is 1.26. The molecule has 8 heavy (non-hydrogen) atoms. The van der Waals surface area contributed by atoms with Gasteiger partial charge in [-0.25, -0.2) is 0 Å². The normalized spacial score (nSPS) is 7.75. The van der Waals surface area contributed by atoms with Crippen LogP contribution in [0.2, 0.25) is 0 Å². The van der Waals surface area contributed by atoms with Gasteiger partial charge in [0.25, 0.3) is 0 Å². The van der Waals surface area contributed by atoms with Crippen molar-refractivity contribution >= 4 is 16.6 Å².